The summed E-state index contributed by atoms with van der Waals surface area (Å²) in [4.78, 5) is 16.6. The molecule has 1 heterocycles. The van der Waals surface area contributed by atoms with E-state index in [0.717, 1.165) is 26.3 Å². The van der Waals surface area contributed by atoms with Gasteiger partial charge in [-0.1, -0.05) is 6.07 Å². The van der Waals surface area contributed by atoms with Crippen molar-refractivity contribution in [3.8, 4) is 5.75 Å². The number of hydrogen-bond donors (Lipinski definition) is 1. The maximum absolute atomic E-state index is 12.4. The van der Waals surface area contributed by atoms with Gasteiger partial charge in [-0.3, -0.25) is 9.69 Å². The van der Waals surface area contributed by atoms with E-state index in [0.29, 0.717) is 24.7 Å². The highest BCUT2D eigenvalue weighted by Gasteiger charge is 2.27. The van der Waals surface area contributed by atoms with Crippen LogP contribution in [0.25, 0.3) is 0 Å². The monoisotopic (exact) mass is 292 g/mol. The van der Waals surface area contributed by atoms with Crippen LogP contribution in [0, 0.1) is 0 Å². The van der Waals surface area contributed by atoms with Crippen molar-refractivity contribution in [3.05, 3.63) is 29.8 Å². The Morgan fingerprint density at radius 1 is 1.43 bits per heavy atom. The van der Waals surface area contributed by atoms with Crippen LogP contribution in [0.15, 0.2) is 24.3 Å². The largest absolute Gasteiger partial charge is 0.508 e. The van der Waals surface area contributed by atoms with Crippen LogP contribution >= 0.6 is 0 Å². The molecule has 116 valence electrons. The topological polar surface area (TPSA) is 53.0 Å². The Kier molecular flexibility index (Phi) is 5.59. The smallest absolute Gasteiger partial charge is 0.254 e. The molecule has 2 rings (SSSR count). The second kappa shape index (κ2) is 7.43. The Hall–Kier alpha value is -1.59. The van der Waals surface area contributed by atoms with Gasteiger partial charge in [-0.25, -0.2) is 0 Å². The summed E-state index contributed by atoms with van der Waals surface area (Å²) in [7, 11) is 0. The highest BCUT2D eigenvalue weighted by Crippen LogP contribution is 2.16. The predicted octanol–water partition coefficient (Wildman–Crippen LogP) is 1.57. The third kappa shape index (κ3) is 4.19. The van der Waals surface area contributed by atoms with Crippen molar-refractivity contribution in [3.63, 3.8) is 0 Å². The zero-order chi connectivity index (χ0) is 15.2. The highest BCUT2D eigenvalue weighted by atomic mass is 16.5. The van der Waals surface area contributed by atoms with Gasteiger partial charge in [0.15, 0.2) is 0 Å². The van der Waals surface area contributed by atoms with Crippen LogP contribution < -0.4 is 0 Å². The first-order valence-electron chi connectivity index (χ1n) is 7.52. The number of phenols is 1. The molecule has 1 aliphatic rings. The zero-order valence-electron chi connectivity index (χ0n) is 12.8. The number of aromatic hydroxyl groups is 1. The number of phenolic OH excluding ortho intramolecular Hbond substituents is 1. The highest BCUT2D eigenvalue weighted by molar-refractivity contribution is 5.94. The number of hydrogen-bond acceptors (Lipinski definition) is 4. The normalized spacial score (nSPS) is 19.7. The molecule has 0 aromatic heterocycles. The molecule has 0 aliphatic carbocycles. The van der Waals surface area contributed by atoms with Gasteiger partial charge in [0.1, 0.15) is 5.75 Å². The summed E-state index contributed by atoms with van der Waals surface area (Å²) in [5.41, 5.74) is 0.546. The third-order valence-corrected chi connectivity index (χ3v) is 3.87. The fourth-order valence-corrected chi connectivity index (χ4v) is 2.66. The molecule has 1 N–H and O–H groups in total. The summed E-state index contributed by atoms with van der Waals surface area (Å²) >= 11 is 0. The summed E-state index contributed by atoms with van der Waals surface area (Å²) in [6, 6.07) is 6.86. The number of benzene rings is 1. The van der Waals surface area contributed by atoms with Crippen molar-refractivity contribution in [2.45, 2.75) is 19.9 Å². The second-order valence-corrected chi connectivity index (χ2v) is 5.38. The Balaban J connectivity index is 1.91. The first-order chi connectivity index (χ1) is 10.1. The van der Waals surface area contributed by atoms with E-state index < -0.39 is 0 Å². The van der Waals surface area contributed by atoms with E-state index in [1.54, 1.807) is 18.2 Å². The minimum atomic E-state index is -0.0118. The summed E-state index contributed by atoms with van der Waals surface area (Å²) in [6.07, 6.45) is 0. The van der Waals surface area contributed by atoms with E-state index >= 15 is 0 Å². The summed E-state index contributed by atoms with van der Waals surface area (Å²) in [5.74, 6) is 0.117. The van der Waals surface area contributed by atoms with Crippen LogP contribution in [0.1, 0.15) is 24.2 Å². The SMILES string of the molecule is CCOCCN1CCN(C(=O)c2cccc(O)c2)C[C@@H]1C. The standard InChI is InChI=1S/C16H24N2O3/c1-3-21-10-9-17-7-8-18(12-13(17)2)16(20)14-5-4-6-15(19)11-14/h4-6,11,13,19H,3,7-10,12H2,1-2H3/t13-/m0/s1. The maximum Gasteiger partial charge on any atom is 0.254 e. The van der Waals surface area contributed by atoms with E-state index in [2.05, 4.69) is 11.8 Å². The molecule has 0 saturated carbocycles. The molecule has 1 aliphatic heterocycles. The second-order valence-electron chi connectivity index (χ2n) is 5.38. The number of ether oxygens (including phenoxy) is 1. The average Bonchev–Trinajstić information content (AvgIpc) is 2.48. The molecule has 0 radical (unpaired) electrons. The van der Waals surface area contributed by atoms with Gasteiger partial charge in [0.25, 0.3) is 5.91 Å². The Morgan fingerprint density at radius 2 is 2.24 bits per heavy atom. The molecule has 1 fully saturated rings. The van der Waals surface area contributed by atoms with Crippen LogP contribution in [-0.4, -0.2) is 66.2 Å². The lowest BCUT2D eigenvalue weighted by Crippen LogP contribution is -2.54. The molecule has 1 amide bonds. The van der Waals surface area contributed by atoms with E-state index in [1.807, 2.05) is 11.8 Å². The lowest BCUT2D eigenvalue weighted by Gasteiger charge is -2.39. The lowest BCUT2D eigenvalue weighted by atomic mass is 10.1. The van der Waals surface area contributed by atoms with E-state index in [1.165, 1.54) is 6.07 Å². The van der Waals surface area contributed by atoms with Crippen LogP contribution in [0.2, 0.25) is 0 Å². The Bertz CT molecular complexity index is 478. The van der Waals surface area contributed by atoms with E-state index in [4.69, 9.17) is 4.74 Å². The molecule has 21 heavy (non-hydrogen) atoms. The first kappa shape index (κ1) is 15.8. The molecule has 0 spiro atoms. The van der Waals surface area contributed by atoms with Crippen molar-refractivity contribution in [1.29, 1.82) is 0 Å². The van der Waals surface area contributed by atoms with Gasteiger partial charge in [-0.05, 0) is 32.0 Å². The van der Waals surface area contributed by atoms with Gasteiger partial charge in [-0.15, -0.1) is 0 Å². The van der Waals surface area contributed by atoms with Crippen molar-refractivity contribution < 1.29 is 14.6 Å². The molecule has 1 saturated heterocycles. The zero-order valence-corrected chi connectivity index (χ0v) is 12.8. The van der Waals surface area contributed by atoms with Crippen molar-refractivity contribution in [2.75, 3.05) is 39.4 Å². The molecular weight excluding hydrogens is 268 g/mol. The van der Waals surface area contributed by atoms with Gasteiger partial charge in [0.05, 0.1) is 6.61 Å². The van der Waals surface area contributed by atoms with E-state index in [-0.39, 0.29) is 11.7 Å². The molecule has 5 nitrogen and oxygen atoms in total. The minimum Gasteiger partial charge on any atom is -0.508 e. The molecule has 1 atom stereocenters. The van der Waals surface area contributed by atoms with Crippen LogP contribution in [0.3, 0.4) is 0 Å². The van der Waals surface area contributed by atoms with Crippen LogP contribution in [0.4, 0.5) is 0 Å². The first-order valence-corrected chi connectivity index (χ1v) is 7.52. The lowest BCUT2D eigenvalue weighted by molar-refractivity contribution is 0.0392. The number of nitrogens with zero attached hydrogens (tertiary/aromatic N) is 2. The van der Waals surface area contributed by atoms with Crippen molar-refractivity contribution in [2.24, 2.45) is 0 Å². The maximum atomic E-state index is 12.4. The van der Waals surface area contributed by atoms with Gasteiger partial charge >= 0.3 is 0 Å². The molecular formula is C16H24N2O3. The number of amides is 1. The number of piperazine rings is 1. The Labute approximate surface area is 126 Å². The summed E-state index contributed by atoms with van der Waals surface area (Å²) in [5, 5.41) is 9.48. The van der Waals surface area contributed by atoms with Crippen LogP contribution in [-0.2, 0) is 4.74 Å². The molecule has 5 heteroatoms. The number of carbonyl (C=O) groups excluding carboxylic acids is 1. The Morgan fingerprint density at radius 3 is 2.90 bits per heavy atom. The minimum absolute atomic E-state index is 0.0118. The molecule has 1 aromatic rings. The van der Waals surface area contributed by atoms with E-state index in [9.17, 15) is 9.90 Å². The van der Waals surface area contributed by atoms with Gasteiger partial charge in [-0.2, -0.15) is 0 Å². The fraction of sp³-hybridized carbons (Fsp3) is 0.562. The van der Waals surface area contributed by atoms with Crippen molar-refractivity contribution >= 4 is 5.91 Å². The molecule has 0 bridgehead atoms. The number of rotatable bonds is 5. The summed E-state index contributed by atoms with van der Waals surface area (Å²) in [6.45, 7) is 8.79. The quantitative estimate of drug-likeness (QED) is 0.837. The van der Waals surface area contributed by atoms with Gasteiger partial charge in [0, 0.05) is 44.4 Å². The number of carbonyl (C=O) groups is 1. The summed E-state index contributed by atoms with van der Waals surface area (Å²) < 4.78 is 5.39. The van der Waals surface area contributed by atoms with Crippen molar-refractivity contribution in [1.82, 2.24) is 9.80 Å². The predicted molar refractivity (Wildman–Crippen MR) is 81.5 cm³/mol. The van der Waals surface area contributed by atoms with Gasteiger partial charge < -0.3 is 14.7 Å². The van der Waals surface area contributed by atoms with Crippen LogP contribution in [0.5, 0.6) is 5.75 Å². The van der Waals surface area contributed by atoms with Gasteiger partial charge in [0.2, 0.25) is 0 Å². The third-order valence-electron chi connectivity index (χ3n) is 3.87. The molecule has 0 unspecified atom stereocenters. The fourth-order valence-electron chi connectivity index (χ4n) is 2.66. The molecule has 1 aromatic carbocycles. The average molecular weight is 292 g/mol.